The summed E-state index contributed by atoms with van der Waals surface area (Å²) in [5, 5.41) is 7.87. The zero-order valence-corrected chi connectivity index (χ0v) is 16.1. The van der Waals surface area contributed by atoms with Gasteiger partial charge in [0.15, 0.2) is 0 Å². The van der Waals surface area contributed by atoms with E-state index in [9.17, 15) is 0 Å². The molecule has 0 aliphatic carbocycles. The zero-order chi connectivity index (χ0) is 17.4. The van der Waals surface area contributed by atoms with E-state index in [0.29, 0.717) is 12.6 Å². The lowest BCUT2D eigenvalue weighted by atomic mass is 10.2. The maximum Gasteiger partial charge on any atom is 0.142 e. The minimum absolute atomic E-state index is 0.303. The highest BCUT2D eigenvalue weighted by Gasteiger charge is 2.16. The van der Waals surface area contributed by atoms with E-state index in [1.54, 1.807) is 10.9 Å². The molecule has 0 radical (unpaired) electrons. The van der Waals surface area contributed by atoms with Crippen LogP contribution in [0, 0.1) is 3.57 Å². The Bertz CT molecular complexity index is 1020. The van der Waals surface area contributed by atoms with Crippen LogP contribution < -0.4 is 0 Å². The molecule has 0 spiro atoms. The third-order valence-corrected chi connectivity index (χ3v) is 4.71. The molecule has 0 saturated heterocycles. The van der Waals surface area contributed by atoms with Gasteiger partial charge in [-0.1, -0.05) is 5.21 Å². The number of rotatable bonds is 4. The number of imidazole rings is 1. The summed E-state index contributed by atoms with van der Waals surface area (Å²) in [5.41, 5.74) is 4.24. The van der Waals surface area contributed by atoms with Crippen LogP contribution in [-0.2, 0) is 6.54 Å². The van der Waals surface area contributed by atoms with Crippen LogP contribution in [0.25, 0.3) is 22.4 Å². The van der Waals surface area contributed by atoms with Crippen LogP contribution in [0.3, 0.4) is 0 Å². The molecule has 25 heavy (non-hydrogen) atoms. The van der Waals surface area contributed by atoms with Gasteiger partial charge >= 0.3 is 0 Å². The van der Waals surface area contributed by atoms with E-state index < -0.39 is 0 Å². The first-order valence-corrected chi connectivity index (χ1v) is 9.15. The summed E-state index contributed by atoms with van der Waals surface area (Å²) in [5.74, 6) is 0.944. The average Bonchev–Trinajstić information content (AvgIpc) is 3.22. The van der Waals surface area contributed by atoms with E-state index in [0.717, 1.165) is 28.0 Å². The fourth-order valence-electron chi connectivity index (χ4n) is 2.99. The smallest absolute Gasteiger partial charge is 0.142 e. The Morgan fingerprint density at radius 1 is 1.16 bits per heavy atom. The molecule has 0 amide bonds. The van der Waals surface area contributed by atoms with E-state index in [2.05, 4.69) is 80.6 Å². The Morgan fingerprint density at radius 2 is 2.04 bits per heavy atom. The van der Waals surface area contributed by atoms with Crippen LogP contribution in [-0.4, -0.2) is 29.5 Å². The van der Waals surface area contributed by atoms with Crippen molar-refractivity contribution in [1.29, 1.82) is 0 Å². The van der Waals surface area contributed by atoms with Crippen molar-refractivity contribution in [2.45, 2.75) is 26.4 Å². The van der Waals surface area contributed by atoms with Crippen molar-refractivity contribution in [2.75, 3.05) is 0 Å². The van der Waals surface area contributed by atoms with Crippen LogP contribution in [0.2, 0.25) is 0 Å². The van der Waals surface area contributed by atoms with Gasteiger partial charge in [-0.05, 0) is 66.3 Å². The van der Waals surface area contributed by atoms with E-state index in [-0.39, 0.29) is 0 Å². The minimum atomic E-state index is 0.303. The molecule has 1 aromatic carbocycles. The predicted molar refractivity (Wildman–Crippen MR) is 105 cm³/mol. The van der Waals surface area contributed by atoms with Crippen molar-refractivity contribution in [3.05, 3.63) is 58.2 Å². The number of hydrogen-bond donors (Lipinski definition) is 0. The molecule has 3 aromatic heterocycles. The highest BCUT2D eigenvalue weighted by molar-refractivity contribution is 14.1. The van der Waals surface area contributed by atoms with Crippen molar-refractivity contribution in [2.24, 2.45) is 0 Å². The maximum absolute atomic E-state index is 4.87. The van der Waals surface area contributed by atoms with Crippen molar-refractivity contribution < 1.29 is 0 Å². The van der Waals surface area contributed by atoms with Gasteiger partial charge in [0, 0.05) is 33.8 Å². The van der Waals surface area contributed by atoms with Gasteiger partial charge in [-0.2, -0.15) is 0 Å². The second kappa shape index (κ2) is 6.55. The molecular weight excluding hydrogens is 427 g/mol. The molecule has 0 N–H and O–H groups in total. The second-order valence-electron chi connectivity index (χ2n) is 6.21. The lowest BCUT2D eigenvalue weighted by Gasteiger charge is -2.13. The maximum atomic E-state index is 4.87. The standard InChI is InChI=1S/C18H17IN6/c1-12(2)25-17-8-15(19)3-4-16(17)22-18(25)14-7-13(9-20-10-14)11-24-6-5-21-23-24/h3-10,12H,11H2,1-2H3. The molecule has 4 aromatic rings. The number of pyridine rings is 1. The Balaban J connectivity index is 1.82. The molecular formula is C18H17IN6. The third kappa shape index (κ3) is 3.15. The van der Waals surface area contributed by atoms with Crippen LogP contribution in [0.1, 0.15) is 25.5 Å². The molecule has 3 heterocycles. The fourth-order valence-corrected chi connectivity index (χ4v) is 3.47. The van der Waals surface area contributed by atoms with E-state index in [1.807, 2.05) is 18.6 Å². The third-order valence-electron chi connectivity index (χ3n) is 4.04. The Kier molecular flexibility index (Phi) is 4.24. The molecule has 0 atom stereocenters. The average molecular weight is 444 g/mol. The van der Waals surface area contributed by atoms with Gasteiger partial charge < -0.3 is 4.57 Å². The molecule has 4 rings (SSSR count). The number of fused-ring (bicyclic) bond motifs is 1. The molecule has 0 unspecified atom stereocenters. The summed E-state index contributed by atoms with van der Waals surface area (Å²) in [6, 6.07) is 8.77. The first-order chi connectivity index (χ1) is 12.1. The van der Waals surface area contributed by atoms with Gasteiger partial charge in [-0.3, -0.25) is 4.98 Å². The quantitative estimate of drug-likeness (QED) is 0.448. The molecule has 0 fully saturated rings. The van der Waals surface area contributed by atoms with Gasteiger partial charge in [0.25, 0.3) is 0 Å². The van der Waals surface area contributed by atoms with Crippen molar-refractivity contribution >= 4 is 33.6 Å². The van der Waals surface area contributed by atoms with Crippen molar-refractivity contribution in [3.8, 4) is 11.4 Å². The van der Waals surface area contributed by atoms with E-state index >= 15 is 0 Å². The lowest BCUT2D eigenvalue weighted by molar-refractivity contribution is 0.623. The van der Waals surface area contributed by atoms with Crippen molar-refractivity contribution in [3.63, 3.8) is 0 Å². The van der Waals surface area contributed by atoms with E-state index in [1.165, 1.54) is 3.57 Å². The Labute approximate surface area is 159 Å². The molecule has 7 heteroatoms. The van der Waals surface area contributed by atoms with Crippen LogP contribution in [0.5, 0.6) is 0 Å². The Hall–Kier alpha value is -2.29. The molecule has 126 valence electrons. The fraction of sp³-hybridized carbons (Fsp3) is 0.222. The largest absolute Gasteiger partial charge is 0.321 e. The predicted octanol–water partition coefficient (Wildman–Crippen LogP) is 3.92. The van der Waals surface area contributed by atoms with Crippen molar-refractivity contribution in [1.82, 2.24) is 29.5 Å². The van der Waals surface area contributed by atoms with Gasteiger partial charge in [0.1, 0.15) is 5.82 Å². The number of hydrogen-bond acceptors (Lipinski definition) is 4. The molecule has 6 nitrogen and oxygen atoms in total. The number of halogens is 1. The minimum Gasteiger partial charge on any atom is -0.321 e. The van der Waals surface area contributed by atoms with Gasteiger partial charge in [-0.15, -0.1) is 5.10 Å². The summed E-state index contributed by atoms with van der Waals surface area (Å²) >= 11 is 2.34. The monoisotopic (exact) mass is 444 g/mol. The second-order valence-corrected chi connectivity index (χ2v) is 7.46. The lowest BCUT2D eigenvalue weighted by Crippen LogP contribution is -2.05. The number of benzene rings is 1. The number of nitrogens with zero attached hydrogens (tertiary/aromatic N) is 6. The van der Waals surface area contributed by atoms with E-state index in [4.69, 9.17) is 4.98 Å². The molecule has 0 aliphatic rings. The molecule has 0 saturated carbocycles. The zero-order valence-electron chi connectivity index (χ0n) is 14.0. The van der Waals surface area contributed by atoms with Crippen LogP contribution in [0.15, 0.2) is 49.1 Å². The SMILES string of the molecule is CC(C)n1c(-c2cncc(Cn3ccnn3)c2)nc2ccc(I)cc21. The Morgan fingerprint density at radius 3 is 2.80 bits per heavy atom. The normalized spacial score (nSPS) is 11.5. The van der Waals surface area contributed by atoms with Gasteiger partial charge in [0.2, 0.25) is 0 Å². The molecule has 0 aliphatic heterocycles. The molecule has 0 bridgehead atoms. The summed E-state index contributed by atoms with van der Waals surface area (Å²) < 4.78 is 5.26. The van der Waals surface area contributed by atoms with Gasteiger partial charge in [0.05, 0.1) is 23.8 Å². The first kappa shape index (κ1) is 16.2. The number of aromatic nitrogens is 6. The summed E-state index contributed by atoms with van der Waals surface area (Å²) in [6.07, 6.45) is 7.25. The topological polar surface area (TPSA) is 61.4 Å². The highest BCUT2D eigenvalue weighted by atomic mass is 127. The summed E-state index contributed by atoms with van der Waals surface area (Å²) in [4.78, 5) is 9.28. The highest BCUT2D eigenvalue weighted by Crippen LogP contribution is 2.29. The first-order valence-electron chi connectivity index (χ1n) is 8.07. The van der Waals surface area contributed by atoms with Crippen LogP contribution in [0.4, 0.5) is 0 Å². The summed E-state index contributed by atoms with van der Waals surface area (Å²) in [6.45, 7) is 5.00. The summed E-state index contributed by atoms with van der Waals surface area (Å²) in [7, 11) is 0. The van der Waals surface area contributed by atoms with Crippen LogP contribution >= 0.6 is 22.6 Å². The van der Waals surface area contributed by atoms with Gasteiger partial charge in [-0.25, -0.2) is 9.67 Å².